The molecule has 1 unspecified atom stereocenters. The summed E-state index contributed by atoms with van der Waals surface area (Å²) in [5.41, 5.74) is 7.33. The number of rotatable bonds is 6. The van der Waals surface area contributed by atoms with E-state index in [1.807, 2.05) is 11.5 Å². The van der Waals surface area contributed by atoms with Crippen LogP contribution in [0.1, 0.15) is 25.8 Å². The van der Waals surface area contributed by atoms with Gasteiger partial charge in [-0.15, -0.1) is 0 Å². The third kappa shape index (κ3) is 4.22. The van der Waals surface area contributed by atoms with Crippen molar-refractivity contribution in [1.29, 1.82) is 0 Å². The van der Waals surface area contributed by atoms with Crippen molar-refractivity contribution in [3.05, 3.63) is 54.1 Å². The fourth-order valence-electron chi connectivity index (χ4n) is 3.04. The minimum atomic E-state index is -0.527. The van der Waals surface area contributed by atoms with Crippen LogP contribution in [0.15, 0.2) is 42.5 Å². The SMILES string of the molecule is CCC(CCN)n1c(NC(=O)Nc2ccc(F)cc2)nc2cc(F)ccc21. The molecule has 0 saturated carbocycles. The van der Waals surface area contributed by atoms with Gasteiger partial charge in [-0.25, -0.2) is 18.6 Å². The van der Waals surface area contributed by atoms with Crippen LogP contribution in [0.2, 0.25) is 0 Å². The second-order valence-electron chi connectivity index (χ2n) is 6.16. The van der Waals surface area contributed by atoms with E-state index in [2.05, 4.69) is 15.6 Å². The van der Waals surface area contributed by atoms with Crippen molar-refractivity contribution in [2.24, 2.45) is 5.73 Å². The Morgan fingerprint density at radius 2 is 1.85 bits per heavy atom. The Bertz CT molecular complexity index is 939. The fraction of sp³-hybridized carbons (Fsp3) is 0.263. The quantitative estimate of drug-likeness (QED) is 0.604. The molecule has 0 bridgehead atoms. The molecule has 0 saturated heterocycles. The maximum absolute atomic E-state index is 13.6. The van der Waals surface area contributed by atoms with Crippen molar-refractivity contribution in [1.82, 2.24) is 9.55 Å². The van der Waals surface area contributed by atoms with Crippen molar-refractivity contribution in [2.45, 2.75) is 25.8 Å². The first-order chi connectivity index (χ1) is 13.0. The molecule has 0 aliphatic rings. The molecule has 0 aliphatic heterocycles. The number of fused-ring (bicyclic) bond motifs is 1. The zero-order valence-electron chi connectivity index (χ0n) is 14.9. The number of carbonyl (C=O) groups excluding carboxylic acids is 1. The van der Waals surface area contributed by atoms with Crippen molar-refractivity contribution in [3.63, 3.8) is 0 Å². The van der Waals surface area contributed by atoms with Gasteiger partial charge in [-0.3, -0.25) is 5.32 Å². The average Bonchev–Trinajstić information content (AvgIpc) is 2.98. The third-order valence-electron chi connectivity index (χ3n) is 4.32. The van der Waals surface area contributed by atoms with Gasteiger partial charge in [-0.2, -0.15) is 0 Å². The maximum atomic E-state index is 13.6. The first-order valence-electron chi connectivity index (χ1n) is 8.73. The van der Waals surface area contributed by atoms with Gasteiger partial charge in [0.2, 0.25) is 5.95 Å². The number of hydrogen-bond acceptors (Lipinski definition) is 3. The number of urea groups is 1. The lowest BCUT2D eigenvalue weighted by Crippen LogP contribution is -2.23. The molecule has 1 heterocycles. The second-order valence-corrected chi connectivity index (χ2v) is 6.16. The van der Waals surface area contributed by atoms with Crippen LogP contribution < -0.4 is 16.4 Å². The average molecular weight is 373 g/mol. The first-order valence-corrected chi connectivity index (χ1v) is 8.73. The van der Waals surface area contributed by atoms with Crippen LogP contribution in [0.25, 0.3) is 11.0 Å². The van der Waals surface area contributed by atoms with Gasteiger partial charge in [0.25, 0.3) is 0 Å². The Labute approximate surface area is 155 Å². The molecule has 3 aromatic rings. The fourth-order valence-corrected chi connectivity index (χ4v) is 3.04. The summed E-state index contributed by atoms with van der Waals surface area (Å²) in [5.74, 6) is -0.491. The van der Waals surface area contributed by atoms with Gasteiger partial charge < -0.3 is 15.6 Å². The summed E-state index contributed by atoms with van der Waals surface area (Å²) in [5, 5.41) is 5.32. The van der Waals surface area contributed by atoms with E-state index in [0.717, 1.165) is 6.42 Å². The Morgan fingerprint density at radius 1 is 1.15 bits per heavy atom. The van der Waals surface area contributed by atoms with Gasteiger partial charge in [-0.05, 0) is 55.8 Å². The summed E-state index contributed by atoms with van der Waals surface area (Å²) in [6, 6.07) is 9.21. The number of nitrogens with zero attached hydrogens (tertiary/aromatic N) is 2. The summed E-state index contributed by atoms with van der Waals surface area (Å²) in [6.45, 7) is 2.48. The lowest BCUT2D eigenvalue weighted by molar-refractivity contribution is 0.262. The van der Waals surface area contributed by atoms with Crippen molar-refractivity contribution in [3.8, 4) is 0 Å². The Morgan fingerprint density at radius 3 is 2.52 bits per heavy atom. The van der Waals surface area contributed by atoms with E-state index in [4.69, 9.17) is 5.73 Å². The zero-order chi connectivity index (χ0) is 19.4. The van der Waals surface area contributed by atoms with Gasteiger partial charge in [0.05, 0.1) is 11.0 Å². The summed E-state index contributed by atoms with van der Waals surface area (Å²) in [7, 11) is 0. The molecule has 0 radical (unpaired) electrons. The minimum absolute atomic E-state index is 0.00609. The smallest absolute Gasteiger partial charge is 0.326 e. The van der Waals surface area contributed by atoms with Crippen molar-refractivity contribution >= 4 is 28.7 Å². The molecule has 4 N–H and O–H groups in total. The first kappa shape index (κ1) is 18.8. The van der Waals surface area contributed by atoms with Gasteiger partial charge in [0, 0.05) is 17.8 Å². The summed E-state index contributed by atoms with van der Waals surface area (Å²) in [6.07, 6.45) is 1.46. The van der Waals surface area contributed by atoms with E-state index < -0.39 is 17.7 Å². The largest absolute Gasteiger partial charge is 0.330 e. The van der Waals surface area contributed by atoms with E-state index in [9.17, 15) is 13.6 Å². The Kier molecular flexibility index (Phi) is 5.66. The number of halogens is 2. The van der Waals surface area contributed by atoms with Crippen LogP contribution in [0.4, 0.5) is 25.2 Å². The van der Waals surface area contributed by atoms with Gasteiger partial charge in [-0.1, -0.05) is 6.92 Å². The van der Waals surface area contributed by atoms with Gasteiger partial charge in [0.1, 0.15) is 11.6 Å². The number of aromatic nitrogens is 2. The van der Waals surface area contributed by atoms with E-state index in [1.165, 1.54) is 36.4 Å². The molecular weight excluding hydrogens is 352 g/mol. The summed E-state index contributed by atoms with van der Waals surface area (Å²) in [4.78, 5) is 16.7. The van der Waals surface area contributed by atoms with Crippen LogP contribution in [-0.4, -0.2) is 22.1 Å². The van der Waals surface area contributed by atoms with Crippen LogP contribution in [0.3, 0.4) is 0 Å². The number of amides is 2. The zero-order valence-corrected chi connectivity index (χ0v) is 14.9. The number of benzene rings is 2. The predicted octanol–water partition coefficient (Wildman–Crippen LogP) is 4.26. The second kappa shape index (κ2) is 8.13. The number of imidazole rings is 1. The molecule has 0 fully saturated rings. The monoisotopic (exact) mass is 373 g/mol. The third-order valence-corrected chi connectivity index (χ3v) is 4.32. The topological polar surface area (TPSA) is 85.0 Å². The minimum Gasteiger partial charge on any atom is -0.330 e. The molecule has 6 nitrogen and oxygen atoms in total. The van der Waals surface area contributed by atoms with Gasteiger partial charge in [0.15, 0.2) is 0 Å². The molecule has 2 amide bonds. The highest BCUT2D eigenvalue weighted by Crippen LogP contribution is 2.28. The standard InChI is InChI=1S/C19H21F2N5O/c1-2-15(9-10-22)26-17-8-5-13(21)11-16(17)24-18(26)25-19(27)23-14-6-3-12(20)4-7-14/h3-8,11,15H,2,9-10,22H2,1H3,(H2,23,24,25,27). The maximum Gasteiger partial charge on any atom is 0.326 e. The molecule has 0 spiro atoms. The van der Waals surface area contributed by atoms with Crippen molar-refractivity contribution in [2.75, 3.05) is 17.2 Å². The van der Waals surface area contributed by atoms with Crippen molar-refractivity contribution < 1.29 is 13.6 Å². The highest BCUT2D eigenvalue weighted by Gasteiger charge is 2.19. The summed E-state index contributed by atoms with van der Waals surface area (Å²) < 4.78 is 28.5. The molecule has 3 rings (SSSR count). The molecule has 8 heteroatoms. The molecule has 1 aromatic heterocycles. The van der Waals surface area contributed by atoms with E-state index in [0.29, 0.717) is 35.6 Å². The van der Waals surface area contributed by atoms with E-state index in [-0.39, 0.29) is 6.04 Å². The molecule has 27 heavy (non-hydrogen) atoms. The van der Waals surface area contributed by atoms with E-state index in [1.54, 1.807) is 6.07 Å². The number of nitrogens with one attached hydrogen (secondary N) is 2. The highest BCUT2D eigenvalue weighted by molar-refractivity contribution is 5.99. The van der Waals surface area contributed by atoms with Gasteiger partial charge >= 0.3 is 6.03 Å². The van der Waals surface area contributed by atoms with E-state index >= 15 is 0 Å². The Hall–Kier alpha value is -3.00. The van der Waals surface area contributed by atoms with Crippen LogP contribution >= 0.6 is 0 Å². The predicted molar refractivity (Wildman–Crippen MR) is 102 cm³/mol. The van der Waals surface area contributed by atoms with Crippen LogP contribution in [-0.2, 0) is 0 Å². The number of nitrogens with two attached hydrogens (primary N) is 1. The Balaban J connectivity index is 1.92. The summed E-state index contributed by atoms with van der Waals surface area (Å²) >= 11 is 0. The molecular formula is C19H21F2N5O. The number of hydrogen-bond donors (Lipinski definition) is 3. The molecule has 142 valence electrons. The normalized spacial score (nSPS) is 12.1. The molecule has 0 aliphatic carbocycles. The van der Waals surface area contributed by atoms with Crippen LogP contribution in [0, 0.1) is 11.6 Å². The molecule has 1 atom stereocenters. The lowest BCUT2D eigenvalue weighted by atomic mass is 10.1. The van der Waals surface area contributed by atoms with Crippen LogP contribution in [0.5, 0.6) is 0 Å². The highest BCUT2D eigenvalue weighted by atomic mass is 19.1. The molecule has 2 aromatic carbocycles. The number of anilines is 2. The number of carbonyl (C=O) groups is 1. The lowest BCUT2D eigenvalue weighted by Gasteiger charge is -2.20.